The molecular weight excluding hydrogens is 242 g/mol. The molecule has 0 radical (unpaired) electrons. The average molecular weight is 267 g/mol. The van der Waals surface area contributed by atoms with Gasteiger partial charge >= 0.3 is 0 Å². The number of likely N-dealkylation sites (N-methyl/N-ethyl adjacent to an activating group) is 1. The quantitative estimate of drug-likeness (QED) is 0.859. The van der Waals surface area contributed by atoms with E-state index in [9.17, 15) is 5.11 Å². The number of hydrogen-bond acceptors (Lipinski definition) is 4. The predicted octanol–water partition coefficient (Wildman–Crippen LogP) is 0.836. The third-order valence-corrected chi connectivity index (χ3v) is 3.76. The highest BCUT2D eigenvalue weighted by Gasteiger charge is 2.27. The highest BCUT2D eigenvalue weighted by Crippen LogP contribution is 2.14. The first-order chi connectivity index (χ1) is 9.13. The Morgan fingerprint density at radius 1 is 1.47 bits per heavy atom. The van der Waals surface area contributed by atoms with Gasteiger partial charge in [-0.1, -0.05) is 6.92 Å². The molecule has 0 bridgehead atoms. The van der Waals surface area contributed by atoms with Gasteiger partial charge in [0.05, 0.1) is 24.5 Å². The van der Waals surface area contributed by atoms with Crippen molar-refractivity contribution >= 4 is 0 Å². The van der Waals surface area contributed by atoms with Crippen LogP contribution >= 0.6 is 0 Å². The van der Waals surface area contributed by atoms with E-state index in [-0.39, 0.29) is 6.10 Å². The van der Waals surface area contributed by atoms with Crippen molar-refractivity contribution in [1.29, 1.82) is 0 Å². The van der Waals surface area contributed by atoms with Crippen molar-refractivity contribution in [3.05, 3.63) is 17.5 Å². The zero-order valence-corrected chi connectivity index (χ0v) is 12.2. The summed E-state index contributed by atoms with van der Waals surface area (Å²) in [6.45, 7) is 10.5. The van der Waals surface area contributed by atoms with E-state index in [1.807, 2.05) is 17.7 Å². The number of nitrogens with zero attached hydrogens (tertiary/aromatic N) is 3. The van der Waals surface area contributed by atoms with Gasteiger partial charge in [0, 0.05) is 31.7 Å². The Labute approximate surface area is 115 Å². The molecule has 0 spiro atoms. The number of hydrogen-bond donors (Lipinski definition) is 1. The Kier molecular flexibility index (Phi) is 4.96. The summed E-state index contributed by atoms with van der Waals surface area (Å²) in [7, 11) is 0. The zero-order chi connectivity index (χ0) is 13.8. The predicted molar refractivity (Wildman–Crippen MR) is 74.2 cm³/mol. The zero-order valence-electron chi connectivity index (χ0n) is 12.2. The maximum Gasteiger partial charge on any atom is 0.0964 e. The fourth-order valence-corrected chi connectivity index (χ4v) is 2.63. The van der Waals surface area contributed by atoms with E-state index in [2.05, 4.69) is 23.8 Å². The summed E-state index contributed by atoms with van der Waals surface area (Å²) >= 11 is 0. The summed E-state index contributed by atoms with van der Waals surface area (Å²) in [5.74, 6) is 0. The lowest BCUT2D eigenvalue weighted by Gasteiger charge is -2.34. The monoisotopic (exact) mass is 267 g/mol. The van der Waals surface area contributed by atoms with E-state index < -0.39 is 6.10 Å². The Morgan fingerprint density at radius 3 is 2.95 bits per heavy atom. The molecule has 108 valence electrons. The van der Waals surface area contributed by atoms with E-state index in [0.717, 1.165) is 37.6 Å². The summed E-state index contributed by atoms with van der Waals surface area (Å²) in [6.07, 6.45) is 0.0571. The minimum Gasteiger partial charge on any atom is -0.390 e. The molecule has 1 aliphatic heterocycles. The normalized spacial score (nSPS) is 22.6. The Morgan fingerprint density at radius 2 is 2.26 bits per heavy atom. The first-order valence-electron chi connectivity index (χ1n) is 7.19. The summed E-state index contributed by atoms with van der Waals surface area (Å²) in [5, 5.41) is 14.8. The van der Waals surface area contributed by atoms with Crippen LogP contribution in [0.5, 0.6) is 0 Å². The van der Waals surface area contributed by atoms with E-state index in [4.69, 9.17) is 4.74 Å². The largest absolute Gasteiger partial charge is 0.390 e. The highest BCUT2D eigenvalue weighted by atomic mass is 16.5. The fraction of sp³-hybridized carbons (Fsp3) is 0.786. The van der Waals surface area contributed by atoms with Gasteiger partial charge in [-0.25, -0.2) is 0 Å². The van der Waals surface area contributed by atoms with Crippen LogP contribution in [0.2, 0.25) is 0 Å². The molecule has 0 aromatic carbocycles. The summed E-state index contributed by atoms with van der Waals surface area (Å²) in [5.41, 5.74) is 2.09. The van der Waals surface area contributed by atoms with E-state index in [1.54, 1.807) is 0 Å². The van der Waals surface area contributed by atoms with Crippen molar-refractivity contribution < 1.29 is 9.84 Å². The van der Waals surface area contributed by atoms with Crippen LogP contribution in [0, 0.1) is 6.92 Å². The molecule has 1 aromatic heterocycles. The van der Waals surface area contributed by atoms with Gasteiger partial charge in [0.15, 0.2) is 0 Å². The minimum atomic E-state index is -0.462. The van der Waals surface area contributed by atoms with Gasteiger partial charge in [0.1, 0.15) is 0 Å². The smallest absolute Gasteiger partial charge is 0.0964 e. The van der Waals surface area contributed by atoms with Crippen LogP contribution in [0.15, 0.2) is 6.07 Å². The lowest BCUT2D eigenvalue weighted by Crippen LogP contribution is -2.48. The number of morpholine rings is 1. The second-order valence-corrected chi connectivity index (χ2v) is 5.17. The molecule has 1 saturated heterocycles. The van der Waals surface area contributed by atoms with Gasteiger partial charge in [-0.2, -0.15) is 5.10 Å². The van der Waals surface area contributed by atoms with Gasteiger partial charge in [-0.15, -0.1) is 0 Å². The molecule has 1 N–H and O–H groups in total. The van der Waals surface area contributed by atoms with Crippen LogP contribution in [-0.2, 0) is 17.7 Å². The molecule has 2 unspecified atom stereocenters. The number of rotatable bonds is 5. The SMILES string of the molecule is CCN1CCOC(C(O)Cc2cc(C)nn2CC)C1. The van der Waals surface area contributed by atoms with Gasteiger partial charge in [-0.3, -0.25) is 9.58 Å². The van der Waals surface area contributed by atoms with Crippen molar-refractivity contribution in [1.82, 2.24) is 14.7 Å². The van der Waals surface area contributed by atoms with Crippen LogP contribution in [0.25, 0.3) is 0 Å². The molecule has 1 fully saturated rings. The molecule has 19 heavy (non-hydrogen) atoms. The first-order valence-corrected chi connectivity index (χ1v) is 7.19. The molecule has 2 atom stereocenters. The van der Waals surface area contributed by atoms with E-state index in [1.165, 1.54) is 0 Å². The summed E-state index contributed by atoms with van der Waals surface area (Å²) in [6, 6.07) is 2.05. The lowest BCUT2D eigenvalue weighted by atomic mass is 10.1. The fourth-order valence-electron chi connectivity index (χ4n) is 2.63. The lowest BCUT2D eigenvalue weighted by molar-refractivity contribution is -0.0871. The van der Waals surface area contributed by atoms with Gasteiger partial charge in [0.25, 0.3) is 0 Å². The second kappa shape index (κ2) is 6.50. The topological polar surface area (TPSA) is 50.5 Å². The number of ether oxygens (including phenoxy) is 1. The second-order valence-electron chi connectivity index (χ2n) is 5.17. The number of aromatic nitrogens is 2. The van der Waals surface area contributed by atoms with Crippen LogP contribution in [0.1, 0.15) is 25.2 Å². The first kappa shape index (κ1) is 14.5. The molecule has 2 heterocycles. The van der Waals surface area contributed by atoms with Crippen molar-refractivity contribution in [2.24, 2.45) is 0 Å². The van der Waals surface area contributed by atoms with Crippen LogP contribution in [-0.4, -0.2) is 58.2 Å². The van der Waals surface area contributed by atoms with Crippen LogP contribution in [0.4, 0.5) is 0 Å². The maximum absolute atomic E-state index is 10.4. The van der Waals surface area contributed by atoms with Gasteiger partial charge in [0.2, 0.25) is 0 Å². The van der Waals surface area contributed by atoms with Crippen molar-refractivity contribution in [3.8, 4) is 0 Å². The third kappa shape index (κ3) is 3.55. The number of aryl methyl sites for hydroxylation is 2. The molecule has 5 nitrogen and oxygen atoms in total. The Bertz CT molecular complexity index is 405. The molecular formula is C14H25N3O2. The van der Waals surface area contributed by atoms with E-state index in [0.29, 0.717) is 13.0 Å². The maximum atomic E-state index is 10.4. The average Bonchev–Trinajstić information content (AvgIpc) is 2.78. The summed E-state index contributed by atoms with van der Waals surface area (Å²) < 4.78 is 7.66. The van der Waals surface area contributed by atoms with Gasteiger partial charge in [-0.05, 0) is 26.5 Å². The molecule has 1 aromatic rings. The van der Waals surface area contributed by atoms with Crippen molar-refractivity contribution in [2.75, 3.05) is 26.2 Å². The van der Waals surface area contributed by atoms with Crippen LogP contribution in [0.3, 0.4) is 0 Å². The highest BCUT2D eigenvalue weighted by molar-refractivity contribution is 5.10. The van der Waals surface area contributed by atoms with E-state index >= 15 is 0 Å². The van der Waals surface area contributed by atoms with Crippen LogP contribution < -0.4 is 0 Å². The Balaban J connectivity index is 1.97. The Hall–Kier alpha value is -0.910. The third-order valence-electron chi connectivity index (χ3n) is 3.76. The van der Waals surface area contributed by atoms with Gasteiger partial charge < -0.3 is 9.84 Å². The van der Waals surface area contributed by atoms with Crippen molar-refractivity contribution in [3.63, 3.8) is 0 Å². The molecule has 0 aliphatic carbocycles. The van der Waals surface area contributed by atoms with Crippen molar-refractivity contribution in [2.45, 2.75) is 45.9 Å². The molecule has 0 saturated carbocycles. The number of aliphatic hydroxyl groups excluding tert-OH is 1. The summed E-state index contributed by atoms with van der Waals surface area (Å²) in [4.78, 5) is 2.32. The molecule has 1 aliphatic rings. The molecule has 2 rings (SSSR count). The standard InChI is InChI=1S/C14H25N3O2/c1-4-16-6-7-19-14(10-16)13(18)9-12-8-11(3)15-17(12)5-2/h8,13-14,18H,4-7,9-10H2,1-3H3. The minimum absolute atomic E-state index is 0.0887. The molecule has 0 amide bonds. The molecule has 5 heteroatoms. The number of aliphatic hydroxyl groups is 1.